The summed E-state index contributed by atoms with van der Waals surface area (Å²) < 4.78 is 0. The molecular formula is C42H54N2. The number of hydrogen-bond acceptors (Lipinski definition) is 2. The second-order valence-corrected chi connectivity index (χ2v) is 13.6. The van der Waals surface area contributed by atoms with Gasteiger partial charge in [0.05, 0.1) is 0 Å². The number of benzene rings is 4. The SMILES string of the molecule is CCCCC1CCC(c2ccc(C(CC)c3ccc(N)cc3C)cc2)(c2ccc(C(CC)c3ccc(N)cc3C)cc2)CC1. The Kier molecular flexibility index (Phi) is 10.2. The Bertz CT molecular complexity index is 1400. The maximum atomic E-state index is 6.09. The van der Waals surface area contributed by atoms with Crippen molar-refractivity contribution < 1.29 is 0 Å². The first-order chi connectivity index (χ1) is 21.3. The van der Waals surface area contributed by atoms with Crippen LogP contribution in [-0.4, -0.2) is 0 Å². The molecule has 0 spiro atoms. The number of hydrogen-bond donors (Lipinski definition) is 2. The van der Waals surface area contributed by atoms with E-state index in [2.05, 4.69) is 107 Å². The zero-order valence-corrected chi connectivity index (χ0v) is 27.8. The van der Waals surface area contributed by atoms with Gasteiger partial charge in [-0.05, 0) is 127 Å². The maximum absolute atomic E-state index is 6.09. The van der Waals surface area contributed by atoms with E-state index in [4.69, 9.17) is 11.5 Å². The van der Waals surface area contributed by atoms with Crippen molar-refractivity contribution in [3.8, 4) is 0 Å². The van der Waals surface area contributed by atoms with Crippen LogP contribution in [0.4, 0.5) is 11.4 Å². The molecule has 4 aromatic rings. The van der Waals surface area contributed by atoms with Crippen LogP contribution < -0.4 is 11.5 Å². The van der Waals surface area contributed by atoms with Crippen LogP contribution in [0.3, 0.4) is 0 Å². The average molecular weight is 587 g/mol. The first kappa shape index (κ1) is 31.9. The van der Waals surface area contributed by atoms with Crippen molar-refractivity contribution in [1.82, 2.24) is 0 Å². The minimum Gasteiger partial charge on any atom is -0.399 e. The standard InChI is InChI=1S/C42H54N2/c1-6-9-10-31-23-25-42(26-24-31,34-15-11-32(12-16-34)38(7-2)40-21-19-36(43)27-29(40)4)35-17-13-33(14-18-35)39(8-3)41-22-20-37(44)28-30(41)5/h11-22,27-28,31,38-39H,6-10,23-26,43-44H2,1-5H3. The van der Waals surface area contributed by atoms with Crippen LogP contribution in [0, 0.1) is 19.8 Å². The van der Waals surface area contributed by atoms with Crippen LogP contribution in [0.2, 0.25) is 0 Å². The normalized spacial score (nSPS) is 19.9. The van der Waals surface area contributed by atoms with E-state index < -0.39 is 0 Å². The highest BCUT2D eigenvalue weighted by Gasteiger charge is 2.38. The van der Waals surface area contributed by atoms with Gasteiger partial charge in [-0.3, -0.25) is 0 Å². The summed E-state index contributed by atoms with van der Waals surface area (Å²) in [6.07, 6.45) is 11.2. The van der Waals surface area contributed by atoms with Gasteiger partial charge in [-0.15, -0.1) is 0 Å². The molecule has 232 valence electrons. The van der Waals surface area contributed by atoms with Gasteiger partial charge in [-0.25, -0.2) is 0 Å². The summed E-state index contributed by atoms with van der Waals surface area (Å²) in [5.74, 6) is 1.62. The summed E-state index contributed by atoms with van der Waals surface area (Å²) in [6, 6.07) is 32.2. The van der Waals surface area contributed by atoms with Crippen molar-refractivity contribution in [1.29, 1.82) is 0 Å². The zero-order valence-electron chi connectivity index (χ0n) is 27.8. The van der Waals surface area contributed by atoms with E-state index >= 15 is 0 Å². The molecule has 2 nitrogen and oxygen atoms in total. The van der Waals surface area contributed by atoms with Crippen LogP contribution in [-0.2, 0) is 5.41 Å². The van der Waals surface area contributed by atoms with Crippen LogP contribution in [0.25, 0.3) is 0 Å². The van der Waals surface area contributed by atoms with Crippen LogP contribution >= 0.6 is 0 Å². The number of rotatable bonds is 11. The predicted molar refractivity (Wildman–Crippen MR) is 191 cm³/mol. The van der Waals surface area contributed by atoms with Crippen LogP contribution in [0.1, 0.15) is 135 Å². The quantitative estimate of drug-likeness (QED) is 0.172. The summed E-state index contributed by atoms with van der Waals surface area (Å²) in [7, 11) is 0. The number of nitrogen functional groups attached to an aromatic ring is 2. The van der Waals surface area contributed by atoms with E-state index in [1.165, 1.54) is 89.5 Å². The average Bonchev–Trinajstić information content (AvgIpc) is 3.03. The number of nitrogens with two attached hydrogens (primary N) is 2. The maximum Gasteiger partial charge on any atom is 0.0316 e. The summed E-state index contributed by atoms with van der Waals surface area (Å²) >= 11 is 0. The molecule has 2 atom stereocenters. The Labute approximate surface area is 267 Å². The Hall–Kier alpha value is -3.52. The summed E-state index contributed by atoms with van der Waals surface area (Å²) in [6.45, 7) is 11.3. The molecule has 0 radical (unpaired) electrons. The molecular weight excluding hydrogens is 532 g/mol. The first-order valence-corrected chi connectivity index (χ1v) is 17.2. The molecule has 4 aromatic carbocycles. The molecule has 1 aliphatic rings. The fraction of sp³-hybridized carbons (Fsp3) is 0.429. The van der Waals surface area contributed by atoms with Gasteiger partial charge in [0.25, 0.3) is 0 Å². The lowest BCUT2D eigenvalue weighted by Crippen LogP contribution is -2.33. The van der Waals surface area contributed by atoms with Crippen molar-refractivity contribution in [3.63, 3.8) is 0 Å². The Morgan fingerprint density at radius 2 is 1.07 bits per heavy atom. The van der Waals surface area contributed by atoms with E-state index in [1.807, 2.05) is 12.1 Å². The van der Waals surface area contributed by atoms with E-state index in [-0.39, 0.29) is 5.41 Å². The van der Waals surface area contributed by atoms with Crippen molar-refractivity contribution in [2.75, 3.05) is 11.5 Å². The third kappa shape index (κ3) is 6.60. The summed E-state index contributed by atoms with van der Waals surface area (Å²) in [5, 5.41) is 0. The van der Waals surface area contributed by atoms with E-state index in [9.17, 15) is 0 Å². The van der Waals surface area contributed by atoms with Crippen molar-refractivity contribution in [2.45, 2.75) is 110 Å². The van der Waals surface area contributed by atoms with Gasteiger partial charge in [-0.2, -0.15) is 0 Å². The number of aryl methyl sites for hydroxylation is 2. The molecule has 1 saturated carbocycles. The second kappa shape index (κ2) is 14.1. The van der Waals surface area contributed by atoms with E-state index in [0.717, 1.165) is 30.1 Å². The van der Waals surface area contributed by atoms with Gasteiger partial charge < -0.3 is 11.5 Å². The lowest BCUT2D eigenvalue weighted by atomic mass is 9.62. The first-order valence-electron chi connectivity index (χ1n) is 17.2. The lowest BCUT2D eigenvalue weighted by molar-refractivity contribution is 0.251. The summed E-state index contributed by atoms with van der Waals surface area (Å²) in [4.78, 5) is 0. The molecule has 5 rings (SSSR count). The zero-order chi connectivity index (χ0) is 31.3. The molecule has 4 N–H and O–H groups in total. The van der Waals surface area contributed by atoms with Gasteiger partial charge in [0.15, 0.2) is 0 Å². The van der Waals surface area contributed by atoms with Gasteiger partial charge in [-0.1, -0.05) is 101 Å². The molecule has 0 aliphatic heterocycles. The molecule has 0 heterocycles. The molecule has 2 heteroatoms. The Morgan fingerprint density at radius 3 is 1.43 bits per heavy atom. The molecule has 0 amide bonds. The molecule has 0 aromatic heterocycles. The number of anilines is 2. The largest absolute Gasteiger partial charge is 0.399 e. The molecule has 44 heavy (non-hydrogen) atoms. The van der Waals surface area contributed by atoms with Crippen LogP contribution in [0.15, 0.2) is 84.9 Å². The second-order valence-electron chi connectivity index (χ2n) is 13.6. The third-order valence-corrected chi connectivity index (χ3v) is 10.8. The molecule has 1 aliphatic carbocycles. The van der Waals surface area contributed by atoms with Crippen molar-refractivity contribution in [3.05, 3.63) is 129 Å². The fourth-order valence-corrected chi connectivity index (χ4v) is 8.21. The van der Waals surface area contributed by atoms with Crippen LogP contribution in [0.5, 0.6) is 0 Å². The van der Waals surface area contributed by atoms with Crippen molar-refractivity contribution >= 4 is 11.4 Å². The van der Waals surface area contributed by atoms with E-state index in [0.29, 0.717) is 11.8 Å². The Morgan fingerprint density at radius 1 is 0.636 bits per heavy atom. The highest BCUT2D eigenvalue weighted by atomic mass is 14.5. The lowest BCUT2D eigenvalue weighted by Gasteiger charge is -2.42. The summed E-state index contributed by atoms with van der Waals surface area (Å²) in [5.41, 5.74) is 25.0. The highest BCUT2D eigenvalue weighted by molar-refractivity contribution is 5.50. The van der Waals surface area contributed by atoms with E-state index in [1.54, 1.807) is 0 Å². The minimum absolute atomic E-state index is 0.0669. The highest BCUT2D eigenvalue weighted by Crippen LogP contribution is 2.48. The molecule has 0 saturated heterocycles. The topological polar surface area (TPSA) is 52.0 Å². The minimum atomic E-state index is 0.0669. The monoisotopic (exact) mass is 586 g/mol. The fourth-order valence-electron chi connectivity index (χ4n) is 8.21. The molecule has 1 fully saturated rings. The van der Waals surface area contributed by atoms with Gasteiger partial charge in [0, 0.05) is 28.6 Å². The smallest absolute Gasteiger partial charge is 0.0316 e. The predicted octanol–water partition coefficient (Wildman–Crippen LogP) is 11.2. The Balaban J connectivity index is 1.48. The van der Waals surface area contributed by atoms with Gasteiger partial charge in [0.1, 0.15) is 0 Å². The molecule has 2 unspecified atom stereocenters. The van der Waals surface area contributed by atoms with Gasteiger partial charge >= 0.3 is 0 Å². The van der Waals surface area contributed by atoms with Gasteiger partial charge in [0.2, 0.25) is 0 Å². The number of unbranched alkanes of at least 4 members (excludes halogenated alkanes) is 1. The third-order valence-electron chi connectivity index (χ3n) is 10.8. The van der Waals surface area contributed by atoms with Crippen molar-refractivity contribution in [2.24, 2.45) is 5.92 Å². The molecule has 0 bridgehead atoms.